The van der Waals surface area contributed by atoms with Gasteiger partial charge in [-0.3, -0.25) is 9.59 Å². The van der Waals surface area contributed by atoms with E-state index in [1.807, 2.05) is 63.2 Å². The van der Waals surface area contributed by atoms with Crippen molar-refractivity contribution in [3.8, 4) is 5.75 Å². The van der Waals surface area contributed by atoms with Gasteiger partial charge in [-0.15, -0.1) is 0 Å². The SMILES string of the molecule is Cc1cc(OCC(=O)N(Cc2ccc(Cl)c(Cl)c2)[C@@H](Cc2ccccc2)C(=O)NC(C)C)ccc1Br. The number of nitrogens with one attached hydrogen (secondary N) is 1. The number of halogens is 3. The van der Waals surface area contributed by atoms with Crippen LogP contribution in [-0.2, 0) is 22.6 Å². The summed E-state index contributed by atoms with van der Waals surface area (Å²) in [5.74, 6) is 0.0213. The van der Waals surface area contributed by atoms with Crippen LogP contribution >= 0.6 is 39.1 Å². The summed E-state index contributed by atoms with van der Waals surface area (Å²) in [7, 11) is 0. The number of hydrogen-bond acceptors (Lipinski definition) is 3. The quantitative estimate of drug-likeness (QED) is 0.289. The molecule has 2 amide bonds. The van der Waals surface area contributed by atoms with Crippen LogP contribution in [0.15, 0.2) is 71.2 Å². The van der Waals surface area contributed by atoms with Crippen LogP contribution in [0.5, 0.6) is 5.75 Å². The number of carbonyl (C=O) groups is 2. The summed E-state index contributed by atoms with van der Waals surface area (Å²) in [4.78, 5) is 28.5. The Hall–Kier alpha value is -2.54. The van der Waals surface area contributed by atoms with Crippen molar-refractivity contribution in [2.24, 2.45) is 0 Å². The fourth-order valence-corrected chi connectivity index (χ4v) is 4.27. The maximum atomic E-state index is 13.6. The van der Waals surface area contributed by atoms with Crippen molar-refractivity contribution in [3.63, 3.8) is 0 Å². The van der Waals surface area contributed by atoms with E-state index in [4.69, 9.17) is 27.9 Å². The van der Waals surface area contributed by atoms with Gasteiger partial charge in [0.05, 0.1) is 10.0 Å². The molecule has 0 aliphatic carbocycles. The Labute approximate surface area is 230 Å². The monoisotopic (exact) mass is 590 g/mol. The van der Waals surface area contributed by atoms with E-state index in [0.717, 1.165) is 21.2 Å². The molecule has 190 valence electrons. The zero-order chi connectivity index (χ0) is 26.2. The van der Waals surface area contributed by atoms with Gasteiger partial charge >= 0.3 is 0 Å². The molecule has 3 aromatic carbocycles. The molecule has 0 fully saturated rings. The molecule has 0 heterocycles. The third kappa shape index (κ3) is 7.99. The Morgan fingerprint density at radius 1 is 0.972 bits per heavy atom. The van der Waals surface area contributed by atoms with Crippen LogP contribution in [0.4, 0.5) is 0 Å². The number of amides is 2. The number of hydrogen-bond donors (Lipinski definition) is 1. The normalized spacial score (nSPS) is 11.8. The Kier molecular flexibility index (Phi) is 10.2. The third-order valence-corrected chi connectivity index (χ3v) is 7.16. The van der Waals surface area contributed by atoms with Gasteiger partial charge in [-0.1, -0.05) is 75.5 Å². The van der Waals surface area contributed by atoms with Crippen molar-refractivity contribution < 1.29 is 14.3 Å². The van der Waals surface area contributed by atoms with Gasteiger partial charge in [0.1, 0.15) is 11.8 Å². The van der Waals surface area contributed by atoms with Crippen molar-refractivity contribution >= 4 is 50.9 Å². The second-order valence-corrected chi connectivity index (χ2v) is 10.5. The van der Waals surface area contributed by atoms with Crippen molar-refractivity contribution in [1.29, 1.82) is 0 Å². The van der Waals surface area contributed by atoms with Gasteiger partial charge < -0.3 is 15.0 Å². The lowest BCUT2D eigenvalue weighted by atomic mass is 10.0. The van der Waals surface area contributed by atoms with Crippen molar-refractivity contribution in [2.45, 2.75) is 45.8 Å². The van der Waals surface area contributed by atoms with Crippen LogP contribution in [0, 0.1) is 6.92 Å². The van der Waals surface area contributed by atoms with E-state index >= 15 is 0 Å². The van der Waals surface area contributed by atoms with E-state index in [1.54, 1.807) is 29.2 Å². The van der Waals surface area contributed by atoms with E-state index < -0.39 is 6.04 Å². The fraction of sp³-hybridized carbons (Fsp3) is 0.286. The van der Waals surface area contributed by atoms with E-state index in [0.29, 0.717) is 22.2 Å². The van der Waals surface area contributed by atoms with Gasteiger partial charge in [-0.25, -0.2) is 0 Å². The number of ether oxygens (including phenoxy) is 1. The van der Waals surface area contributed by atoms with Gasteiger partial charge in [0, 0.05) is 23.5 Å². The minimum atomic E-state index is -0.757. The van der Waals surface area contributed by atoms with Gasteiger partial charge in [-0.2, -0.15) is 0 Å². The first-order valence-electron chi connectivity index (χ1n) is 11.6. The molecular weight excluding hydrogens is 563 g/mol. The van der Waals surface area contributed by atoms with Gasteiger partial charge in [0.15, 0.2) is 6.61 Å². The molecule has 3 rings (SSSR count). The maximum absolute atomic E-state index is 13.6. The summed E-state index contributed by atoms with van der Waals surface area (Å²) in [6.07, 6.45) is 0.351. The van der Waals surface area contributed by atoms with Gasteiger partial charge in [-0.05, 0) is 67.8 Å². The average Bonchev–Trinajstić information content (AvgIpc) is 2.84. The van der Waals surface area contributed by atoms with Crippen LogP contribution in [-0.4, -0.2) is 35.4 Å². The predicted molar refractivity (Wildman–Crippen MR) is 149 cm³/mol. The molecule has 36 heavy (non-hydrogen) atoms. The number of nitrogens with zero attached hydrogens (tertiary/aromatic N) is 1. The Balaban J connectivity index is 1.93. The Bertz CT molecular complexity index is 1200. The molecule has 0 spiro atoms. The van der Waals surface area contributed by atoms with Crippen molar-refractivity contribution in [3.05, 3.63) is 97.9 Å². The van der Waals surface area contributed by atoms with Gasteiger partial charge in [0.2, 0.25) is 5.91 Å². The first-order valence-corrected chi connectivity index (χ1v) is 13.2. The molecule has 0 bridgehead atoms. The lowest BCUT2D eigenvalue weighted by molar-refractivity contribution is -0.143. The lowest BCUT2D eigenvalue weighted by Gasteiger charge is -2.32. The molecule has 0 aliphatic rings. The molecule has 0 radical (unpaired) electrons. The second kappa shape index (κ2) is 13.1. The molecule has 0 unspecified atom stereocenters. The number of aryl methyl sites for hydroxylation is 1. The molecule has 0 aromatic heterocycles. The van der Waals surface area contributed by atoms with Crippen LogP contribution in [0.3, 0.4) is 0 Å². The zero-order valence-corrected chi connectivity index (χ0v) is 23.5. The Morgan fingerprint density at radius 2 is 1.69 bits per heavy atom. The fourth-order valence-electron chi connectivity index (χ4n) is 3.70. The predicted octanol–water partition coefficient (Wildman–Crippen LogP) is 6.61. The molecule has 1 atom stereocenters. The second-order valence-electron chi connectivity index (χ2n) is 8.84. The largest absolute Gasteiger partial charge is 0.484 e. The summed E-state index contributed by atoms with van der Waals surface area (Å²) in [5, 5.41) is 3.77. The van der Waals surface area contributed by atoms with Crippen LogP contribution in [0.25, 0.3) is 0 Å². The molecule has 0 saturated carbocycles. The molecule has 0 aliphatic heterocycles. The summed E-state index contributed by atoms with van der Waals surface area (Å²) >= 11 is 15.8. The average molecular weight is 592 g/mol. The first kappa shape index (κ1) is 28.0. The Morgan fingerprint density at radius 3 is 2.33 bits per heavy atom. The molecule has 0 saturated heterocycles. The van der Waals surface area contributed by atoms with E-state index in [-0.39, 0.29) is 31.0 Å². The third-order valence-electron chi connectivity index (χ3n) is 5.53. The topological polar surface area (TPSA) is 58.6 Å². The van der Waals surface area contributed by atoms with Crippen LogP contribution < -0.4 is 10.1 Å². The maximum Gasteiger partial charge on any atom is 0.261 e. The van der Waals surface area contributed by atoms with Crippen LogP contribution in [0.1, 0.15) is 30.5 Å². The highest BCUT2D eigenvalue weighted by atomic mass is 79.9. The number of benzene rings is 3. The number of rotatable bonds is 10. The molecule has 1 N–H and O–H groups in total. The highest BCUT2D eigenvalue weighted by Gasteiger charge is 2.31. The summed E-state index contributed by atoms with van der Waals surface area (Å²) in [6, 6.07) is 19.5. The minimum Gasteiger partial charge on any atom is -0.484 e. The molecule has 3 aromatic rings. The smallest absolute Gasteiger partial charge is 0.261 e. The lowest BCUT2D eigenvalue weighted by Crippen LogP contribution is -2.52. The summed E-state index contributed by atoms with van der Waals surface area (Å²) in [6.45, 7) is 5.68. The standard InChI is InChI=1S/C28H29BrCl2N2O3/c1-18(2)32-28(35)26(15-20-7-5-4-6-8-20)33(16-21-9-12-24(30)25(31)14-21)27(34)17-36-22-10-11-23(29)19(3)13-22/h4-14,18,26H,15-17H2,1-3H3,(H,32,35)/t26-/m0/s1. The van der Waals surface area contributed by atoms with Gasteiger partial charge in [0.25, 0.3) is 5.91 Å². The first-order chi connectivity index (χ1) is 17.1. The minimum absolute atomic E-state index is 0.0836. The molecule has 5 nitrogen and oxygen atoms in total. The summed E-state index contributed by atoms with van der Waals surface area (Å²) < 4.78 is 6.79. The highest BCUT2D eigenvalue weighted by molar-refractivity contribution is 9.10. The molecular formula is C28H29BrCl2N2O3. The van der Waals surface area contributed by atoms with E-state index in [2.05, 4.69) is 21.2 Å². The zero-order valence-electron chi connectivity index (χ0n) is 20.4. The van der Waals surface area contributed by atoms with Crippen molar-refractivity contribution in [2.75, 3.05) is 6.61 Å². The highest BCUT2D eigenvalue weighted by Crippen LogP contribution is 2.25. The van der Waals surface area contributed by atoms with E-state index in [1.165, 1.54) is 0 Å². The van der Waals surface area contributed by atoms with Crippen LogP contribution in [0.2, 0.25) is 10.0 Å². The summed E-state index contributed by atoms with van der Waals surface area (Å²) in [5.41, 5.74) is 2.69. The van der Waals surface area contributed by atoms with Crippen molar-refractivity contribution in [1.82, 2.24) is 10.2 Å². The molecule has 8 heteroatoms. The van der Waals surface area contributed by atoms with E-state index in [9.17, 15) is 9.59 Å². The number of carbonyl (C=O) groups excluding carboxylic acids is 2.